The highest BCUT2D eigenvalue weighted by Gasteiger charge is 2.55. The van der Waals surface area contributed by atoms with E-state index in [2.05, 4.69) is 26.0 Å². The zero-order valence-corrected chi connectivity index (χ0v) is 13.3. The van der Waals surface area contributed by atoms with Crippen LogP contribution in [0.3, 0.4) is 0 Å². The molecule has 116 valence electrons. The highest BCUT2D eigenvalue weighted by molar-refractivity contribution is 5.39. The summed E-state index contributed by atoms with van der Waals surface area (Å²) >= 11 is 0. The zero-order chi connectivity index (χ0) is 14.8. The molecule has 21 heavy (non-hydrogen) atoms. The van der Waals surface area contributed by atoms with Crippen molar-refractivity contribution in [3.05, 3.63) is 23.3 Å². The fraction of sp³-hybridized carbons (Fsp3) is 0.789. The van der Waals surface area contributed by atoms with E-state index in [-0.39, 0.29) is 11.5 Å². The summed E-state index contributed by atoms with van der Waals surface area (Å²) in [6, 6.07) is 0. The second-order valence-corrected chi connectivity index (χ2v) is 8.44. The van der Waals surface area contributed by atoms with Crippen molar-refractivity contribution in [2.75, 3.05) is 0 Å². The molecule has 2 nitrogen and oxygen atoms in total. The predicted molar refractivity (Wildman–Crippen MR) is 83.7 cm³/mol. The summed E-state index contributed by atoms with van der Waals surface area (Å²) in [6.45, 7) is 4.73. The lowest BCUT2D eigenvalue weighted by Gasteiger charge is -2.55. The maximum Gasteiger partial charge on any atom is 0.0661 e. The van der Waals surface area contributed by atoms with E-state index < -0.39 is 6.10 Å². The fourth-order valence-electron chi connectivity index (χ4n) is 6.04. The quantitative estimate of drug-likeness (QED) is 0.715. The molecular formula is C19H28O2. The molecule has 0 spiro atoms. The van der Waals surface area contributed by atoms with Gasteiger partial charge in [0.15, 0.2) is 0 Å². The highest BCUT2D eigenvalue weighted by atomic mass is 16.3. The van der Waals surface area contributed by atoms with E-state index in [1.807, 2.05) is 0 Å². The summed E-state index contributed by atoms with van der Waals surface area (Å²) in [5.41, 5.74) is 3.27. The van der Waals surface area contributed by atoms with Crippen molar-refractivity contribution in [3.63, 3.8) is 0 Å². The van der Waals surface area contributed by atoms with E-state index in [0.717, 1.165) is 12.3 Å². The number of fused-ring (bicyclic) bond motifs is 5. The SMILES string of the molecule is C[C@@]12CCC[C@H]1C1=CC=C3C[C@@H](O)C[C@H](O)[C@]3(C)[C@H]1CC2. The van der Waals surface area contributed by atoms with Crippen molar-refractivity contribution < 1.29 is 10.2 Å². The molecule has 0 aromatic carbocycles. The van der Waals surface area contributed by atoms with Crippen molar-refractivity contribution >= 4 is 0 Å². The van der Waals surface area contributed by atoms with Gasteiger partial charge < -0.3 is 10.2 Å². The number of hydrogen-bond acceptors (Lipinski definition) is 2. The lowest BCUT2D eigenvalue weighted by molar-refractivity contribution is -0.0501. The molecular weight excluding hydrogens is 260 g/mol. The minimum Gasteiger partial charge on any atom is -0.393 e. The van der Waals surface area contributed by atoms with Gasteiger partial charge in [0.1, 0.15) is 0 Å². The molecule has 0 aliphatic heterocycles. The van der Waals surface area contributed by atoms with Gasteiger partial charge in [-0.2, -0.15) is 0 Å². The van der Waals surface area contributed by atoms with Gasteiger partial charge in [-0.15, -0.1) is 0 Å². The van der Waals surface area contributed by atoms with Crippen molar-refractivity contribution in [2.45, 2.75) is 71.0 Å². The molecule has 0 aromatic heterocycles. The minimum atomic E-state index is -0.396. The van der Waals surface area contributed by atoms with E-state index in [1.165, 1.54) is 37.7 Å². The van der Waals surface area contributed by atoms with E-state index in [1.54, 1.807) is 5.57 Å². The molecule has 0 bridgehead atoms. The second kappa shape index (κ2) is 4.45. The van der Waals surface area contributed by atoms with E-state index in [9.17, 15) is 10.2 Å². The summed E-state index contributed by atoms with van der Waals surface area (Å²) in [6.07, 6.45) is 11.7. The Morgan fingerprint density at radius 2 is 1.86 bits per heavy atom. The van der Waals surface area contributed by atoms with Gasteiger partial charge in [0.2, 0.25) is 0 Å². The first-order valence-electron chi connectivity index (χ1n) is 8.72. The van der Waals surface area contributed by atoms with Crippen LogP contribution in [0.4, 0.5) is 0 Å². The average molecular weight is 288 g/mol. The molecule has 3 fully saturated rings. The molecule has 2 N–H and O–H groups in total. The summed E-state index contributed by atoms with van der Waals surface area (Å²) < 4.78 is 0. The Labute approximate surface area is 127 Å². The maximum atomic E-state index is 10.7. The Kier molecular flexibility index (Phi) is 2.97. The molecule has 0 heterocycles. The predicted octanol–water partition coefficient (Wildman–Crippen LogP) is 3.59. The maximum absolute atomic E-state index is 10.7. The van der Waals surface area contributed by atoms with Crippen LogP contribution in [0, 0.1) is 22.7 Å². The number of aliphatic hydroxyl groups is 2. The monoisotopic (exact) mass is 288 g/mol. The molecule has 0 aromatic rings. The molecule has 4 rings (SSSR count). The Morgan fingerprint density at radius 3 is 2.67 bits per heavy atom. The molecule has 3 saturated carbocycles. The zero-order valence-electron chi connectivity index (χ0n) is 13.3. The minimum absolute atomic E-state index is 0.132. The standard InChI is InChI=1S/C19H28O2/c1-18-8-3-4-15(18)14-6-5-12-10-13(20)11-17(21)19(12,2)16(14)7-9-18/h5-6,13,15-17,20-21H,3-4,7-11H2,1-2H3/t13-,15+,16+,17+,18+,19+/m1/s1. The molecule has 4 aliphatic rings. The van der Waals surface area contributed by atoms with Crippen LogP contribution in [0.1, 0.15) is 58.8 Å². The lowest BCUT2D eigenvalue weighted by Crippen LogP contribution is -2.51. The van der Waals surface area contributed by atoms with Crippen molar-refractivity contribution in [2.24, 2.45) is 22.7 Å². The smallest absolute Gasteiger partial charge is 0.0661 e. The van der Waals surface area contributed by atoms with Crippen LogP contribution in [-0.2, 0) is 0 Å². The third kappa shape index (κ3) is 1.78. The lowest BCUT2D eigenvalue weighted by atomic mass is 9.50. The third-order valence-electron chi connectivity index (χ3n) is 7.43. The number of aliphatic hydroxyl groups excluding tert-OH is 2. The molecule has 0 radical (unpaired) electrons. The Hall–Kier alpha value is -0.600. The van der Waals surface area contributed by atoms with Gasteiger partial charge in [0, 0.05) is 11.8 Å². The Bertz CT molecular complexity index is 520. The molecule has 0 amide bonds. The van der Waals surface area contributed by atoms with Crippen molar-refractivity contribution in [1.82, 2.24) is 0 Å². The summed E-state index contributed by atoms with van der Waals surface area (Å²) in [7, 11) is 0. The van der Waals surface area contributed by atoms with Gasteiger partial charge in [-0.3, -0.25) is 0 Å². The number of hydrogen-bond donors (Lipinski definition) is 2. The first kappa shape index (κ1) is 14.0. The van der Waals surface area contributed by atoms with Gasteiger partial charge >= 0.3 is 0 Å². The fourth-order valence-corrected chi connectivity index (χ4v) is 6.04. The summed E-state index contributed by atoms with van der Waals surface area (Å²) in [4.78, 5) is 0. The number of allylic oxidation sites excluding steroid dienone is 3. The first-order valence-corrected chi connectivity index (χ1v) is 8.72. The molecule has 6 atom stereocenters. The van der Waals surface area contributed by atoms with Gasteiger partial charge in [-0.25, -0.2) is 0 Å². The van der Waals surface area contributed by atoms with Crippen LogP contribution in [0.25, 0.3) is 0 Å². The van der Waals surface area contributed by atoms with Crippen LogP contribution in [0.5, 0.6) is 0 Å². The van der Waals surface area contributed by atoms with Gasteiger partial charge in [0.25, 0.3) is 0 Å². The average Bonchev–Trinajstić information content (AvgIpc) is 2.82. The second-order valence-electron chi connectivity index (χ2n) is 8.44. The summed E-state index contributed by atoms with van der Waals surface area (Å²) in [5, 5.41) is 20.7. The first-order chi connectivity index (χ1) is 9.95. The normalized spacial score (nSPS) is 52.4. The van der Waals surface area contributed by atoms with Gasteiger partial charge in [-0.05, 0) is 49.4 Å². The van der Waals surface area contributed by atoms with Crippen LogP contribution in [-0.4, -0.2) is 22.4 Å². The molecule has 4 aliphatic carbocycles. The molecule has 0 unspecified atom stereocenters. The Morgan fingerprint density at radius 1 is 1.05 bits per heavy atom. The van der Waals surface area contributed by atoms with Gasteiger partial charge in [-0.1, -0.05) is 43.6 Å². The third-order valence-corrected chi connectivity index (χ3v) is 7.43. The van der Waals surface area contributed by atoms with Gasteiger partial charge in [0.05, 0.1) is 12.2 Å². The molecule has 2 heteroatoms. The van der Waals surface area contributed by atoms with Crippen LogP contribution < -0.4 is 0 Å². The molecule has 0 saturated heterocycles. The van der Waals surface area contributed by atoms with E-state index in [0.29, 0.717) is 17.8 Å². The summed E-state index contributed by atoms with van der Waals surface area (Å²) in [5.74, 6) is 1.22. The van der Waals surface area contributed by atoms with Crippen LogP contribution in [0.2, 0.25) is 0 Å². The van der Waals surface area contributed by atoms with Crippen LogP contribution in [0.15, 0.2) is 23.3 Å². The Balaban J connectivity index is 1.77. The van der Waals surface area contributed by atoms with Crippen LogP contribution >= 0.6 is 0 Å². The largest absolute Gasteiger partial charge is 0.393 e. The topological polar surface area (TPSA) is 40.5 Å². The van der Waals surface area contributed by atoms with Crippen molar-refractivity contribution in [1.29, 1.82) is 0 Å². The number of rotatable bonds is 0. The van der Waals surface area contributed by atoms with E-state index >= 15 is 0 Å². The highest BCUT2D eigenvalue weighted by Crippen LogP contribution is 2.63. The van der Waals surface area contributed by atoms with E-state index in [4.69, 9.17) is 0 Å². The van der Waals surface area contributed by atoms with Crippen molar-refractivity contribution in [3.8, 4) is 0 Å².